The molecule has 0 radical (unpaired) electrons. The summed E-state index contributed by atoms with van der Waals surface area (Å²) in [6.45, 7) is 1.75. The Kier molecular flexibility index (Phi) is 6.10. The van der Waals surface area contributed by atoms with Gasteiger partial charge in [-0.1, -0.05) is 42.5 Å². The number of rotatable bonds is 7. The number of hydrogen-bond acceptors (Lipinski definition) is 2. The first-order valence-corrected chi connectivity index (χ1v) is 7.45. The van der Waals surface area contributed by atoms with E-state index in [1.165, 1.54) is 12.1 Å². The molecule has 0 saturated heterocycles. The molecule has 0 heterocycles. The van der Waals surface area contributed by atoms with Gasteiger partial charge >= 0.3 is 0 Å². The monoisotopic (exact) mass is 300 g/mol. The standard InChI is InChI=1S/C18H21FN2O/c19-17-9-7-15(8-10-17)13-18(22)21(12-4-11-20)14-16-5-2-1-3-6-16/h1-3,5-10H,4,11-14,20H2. The van der Waals surface area contributed by atoms with E-state index in [4.69, 9.17) is 5.73 Å². The molecule has 2 N–H and O–H groups in total. The van der Waals surface area contributed by atoms with Crippen LogP contribution in [0.15, 0.2) is 54.6 Å². The van der Waals surface area contributed by atoms with Crippen molar-refractivity contribution in [1.82, 2.24) is 4.90 Å². The van der Waals surface area contributed by atoms with Gasteiger partial charge in [0.15, 0.2) is 0 Å². The lowest BCUT2D eigenvalue weighted by atomic mass is 10.1. The normalized spacial score (nSPS) is 10.5. The summed E-state index contributed by atoms with van der Waals surface area (Å²) in [4.78, 5) is 14.3. The molecule has 2 aromatic rings. The molecule has 2 rings (SSSR count). The Hall–Kier alpha value is -2.20. The molecule has 0 saturated carbocycles. The summed E-state index contributed by atoms with van der Waals surface area (Å²) < 4.78 is 12.9. The van der Waals surface area contributed by atoms with Crippen LogP contribution in [0, 0.1) is 5.82 Å². The van der Waals surface area contributed by atoms with Gasteiger partial charge in [0.2, 0.25) is 5.91 Å². The van der Waals surface area contributed by atoms with Crippen LogP contribution in [-0.2, 0) is 17.8 Å². The molecule has 116 valence electrons. The van der Waals surface area contributed by atoms with Crippen molar-refractivity contribution >= 4 is 5.91 Å². The molecule has 0 fully saturated rings. The Labute approximate surface area is 130 Å². The number of benzene rings is 2. The van der Waals surface area contributed by atoms with Crippen molar-refractivity contribution in [3.05, 3.63) is 71.5 Å². The van der Waals surface area contributed by atoms with Crippen LogP contribution < -0.4 is 5.73 Å². The van der Waals surface area contributed by atoms with E-state index in [1.54, 1.807) is 12.1 Å². The largest absolute Gasteiger partial charge is 0.338 e. The number of nitrogens with zero attached hydrogens (tertiary/aromatic N) is 1. The fourth-order valence-corrected chi connectivity index (χ4v) is 2.27. The third-order valence-electron chi connectivity index (χ3n) is 3.47. The number of halogens is 1. The van der Waals surface area contributed by atoms with E-state index < -0.39 is 0 Å². The quantitative estimate of drug-likeness (QED) is 0.854. The van der Waals surface area contributed by atoms with Crippen molar-refractivity contribution in [3.8, 4) is 0 Å². The topological polar surface area (TPSA) is 46.3 Å². The predicted molar refractivity (Wildman–Crippen MR) is 85.6 cm³/mol. The molecule has 0 aliphatic heterocycles. The smallest absolute Gasteiger partial charge is 0.227 e. The van der Waals surface area contributed by atoms with Gasteiger partial charge in [0.1, 0.15) is 5.82 Å². The van der Waals surface area contributed by atoms with Crippen molar-refractivity contribution in [2.45, 2.75) is 19.4 Å². The Bertz CT molecular complexity index is 584. The fourth-order valence-electron chi connectivity index (χ4n) is 2.27. The highest BCUT2D eigenvalue weighted by atomic mass is 19.1. The highest BCUT2D eigenvalue weighted by Gasteiger charge is 2.14. The highest BCUT2D eigenvalue weighted by Crippen LogP contribution is 2.10. The van der Waals surface area contributed by atoms with Gasteiger partial charge in [-0.05, 0) is 36.2 Å². The van der Waals surface area contributed by atoms with Crippen molar-refractivity contribution in [2.24, 2.45) is 5.73 Å². The summed E-state index contributed by atoms with van der Waals surface area (Å²) in [5.74, 6) is -0.260. The fraction of sp³-hybridized carbons (Fsp3) is 0.278. The average molecular weight is 300 g/mol. The van der Waals surface area contributed by atoms with E-state index in [0.29, 0.717) is 19.6 Å². The van der Waals surface area contributed by atoms with Gasteiger partial charge < -0.3 is 10.6 Å². The summed E-state index contributed by atoms with van der Waals surface area (Å²) in [6.07, 6.45) is 1.04. The molecule has 0 aliphatic carbocycles. The van der Waals surface area contributed by atoms with Crippen LogP contribution in [0.2, 0.25) is 0 Å². The lowest BCUT2D eigenvalue weighted by Gasteiger charge is -2.23. The minimum atomic E-state index is -0.291. The molecule has 1 amide bonds. The molecule has 22 heavy (non-hydrogen) atoms. The van der Waals surface area contributed by atoms with E-state index in [9.17, 15) is 9.18 Å². The molecule has 0 aromatic heterocycles. The van der Waals surface area contributed by atoms with E-state index >= 15 is 0 Å². The lowest BCUT2D eigenvalue weighted by molar-refractivity contribution is -0.131. The zero-order chi connectivity index (χ0) is 15.8. The third-order valence-corrected chi connectivity index (χ3v) is 3.47. The van der Waals surface area contributed by atoms with Gasteiger partial charge in [0.05, 0.1) is 6.42 Å². The molecule has 0 unspecified atom stereocenters. The van der Waals surface area contributed by atoms with Crippen molar-refractivity contribution < 1.29 is 9.18 Å². The SMILES string of the molecule is NCCCN(Cc1ccccc1)C(=O)Cc1ccc(F)cc1. The van der Waals surface area contributed by atoms with Crippen LogP contribution in [0.25, 0.3) is 0 Å². The molecule has 0 atom stereocenters. The molecule has 2 aromatic carbocycles. The maximum Gasteiger partial charge on any atom is 0.227 e. The molecular formula is C18H21FN2O. The summed E-state index contributed by atoms with van der Waals surface area (Å²) in [5.41, 5.74) is 7.47. The minimum Gasteiger partial charge on any atom is -0.338 e. The van der Waals surface area contributed by atoms with Crippen LogP contribution in [0.1, 0.15) is 17.5 Å². The first-order valence-electron chi connectivity index (χ1n) is 7.45. The maximum absolute atomic E-state index is 12.9. The van der Waals surface area contributed by atoms with E-state index in [-0.39, 0.29) is 18.1 Å². The first kappa shape index (κ1) is 16.2. The van der Waals surface area contributed by atoms with Crippen LogP contribution >= 0.6 is 0 Å². The number of carbonyl (C=O) groups is 1. The second-order valence-corrected chi connectivity index (χ2v) is 5.25. The Morgan fingerprint density at radius 1 is 1.00 bits per heavy atom. The summed E-state index contributed by atoms with van der Waals surface area (Å²) in [6, 6.07) is 15.9. The lowest BCUT2D eigenvalue weighted by Crippen LogP contribution is -2.33. The van der Waals surface area contributed by atoms with E-state index in [1.807, 2.05) is 35.2 Å². The molecule has 0 spiro atoms. The van der Waals surface area contributed by atoms with Crippen molar-refractivity contribution in [3.63, 3.8) is 0 Å². The Balaban J connectivity index is 2.03. The molecule has 3 nitrogen and oxygen atoms in total. The third kappa shape index (κ3) is 4.97. The predicted octanol–water partition coefficient (Wildman–Crippen LogP) is 2.75. The number of carbonyl (C=O) groups excluding carboxylic acids is 1. The highest BCUT2D eigenvalue weighted by molar-refractivity contribution is 5.78. The van der Waals surface area contributed by atoms with Gasteiger partial charge in [0, 0.05) is 13.1 Å². The Morgan fingerprint density at radius 2 is 1.68 bits per heavy atom. The van der Waals surface area contributed by atoms with Crippen LogP contribution in [0.5, 0.6) is 0 Å². The summed E-state index contributed by atoms with van der Waals surface area (Å²) in [5, 5.41) is 0. The Morgan fingerprint density at radius 3 is 2.32 bits per heavy atom. The maximum atomic E-state index is 12.9. The zero-order valence-electron chi connectivity index (χ0n) is 12.5. The van der Waals surface area contributed by atoms with Crippen LogP contribution in [0.3, 0.4) is 0 Å². The number of hydrogen-bond donors (Lipinski definition) is 1. The summed E-state index contributed by atoms with van der Waals surface area (Å²) >= 11 is 0. The molecular weight excluding hydrogens is 279 g/mol. The van der Waals surface area contributed by atoms with E-state index in [0.717, 1.165) is 17.5 Å². The summed E-state index contributed by atoms with van der Waals surface area (Å²) in [7, 11) is 0. The van der Waals surface area contributed by atoms with Gasteiger partial charge in [0.25, 0.3) is 0 Å². The first-order chi connectivity index (χ1) is 10.7. The van der Waals surface area contributed by atoms with Gasteiger partial charge in [-0.2, -0.15) is 0 Å². The molecule has 0 aliphatic rings. The van der Waals surface area contributed by atoms with Crippen LogP contribution in [-0.4, -0.2) is 23.9 Å². The number of amides is 1. The van der Waals surface area contributed by atoms with Gasteiger partial charge in [-0.25, -0.2) is 4.39 Å². The second-order valence-electron chi connectivity index (χ2n) is 5.25. The van der Waals surface area contributed by atoms with Crippen molar-refractivity contribution in [1.29, 1.82) is 0 Å². The average Bonchev–Trinajstić information content (AvgIpc) is 2.54. The minimum absolute atomic E-state index is 0.0314. The van der Waals surface area contributed by atoms with E-state index in [2.05, 4.69) is 0 Å². The van der Waals surface area contributed by atoms with Crippen LogP contribution in [0.4, 0.5) is 4.39 Å². The zero-order valence-corrected chi connectivity index (χ0v) is 12.5. The van der Waals surface area contributed by atoms with Gasteiger partial charge in [-0.15, -0.1) is 0 Å². The second kappa shape index (κ2) is 8.29. The molecule has 0 bridgehead atoms. The number of nitrogens with two attached hydrogens (primary N) is 1. The van der Waals surface area contributed by atoms with Gasteiger partial charge in [-0.3, -0.25) is 4.79 Å². The van der Waals surface area contributed by atoms with Crippen molar-refractivity contribution in [2.75, 3.05) is 13.1 Å². The molecule has 4 heteroatoms.